The Morgan fingerprint density at radius 3 is 2.75 bits per heavy atom. The van der Waals surface area contributed by atoms with E-state index >= 15 is 0 Å². The van der Waals surface area contributed by atoms with E-state index < -0.39 is 6.69 Å². The normalized spacial score (nSPS) is 23.1. The predicted octanol–water partition coefficient (Wildman–Crippen LogP) is 4.92. The van der Waals surface area contributed by atoms with E-state index in [9.17, 15) is 0 Å². The average Bonchev–Trinajstić information content (AvgIpc) is 2.60. The highest BCUT2D eigenvalue weighted by Crippen LogP contribution is 2.33. The van der Waals surface area contributed by atoms with Crippen molar-refractivity contribution in [3.63, 3.8) is 0 Å². The van der Waals surface area contributed by atoms with Crippen LogP contribution in [0.25, 0.3) is 0 Å². The minimum atomic E-state index is -1.91. The predicted molar refractivity (Wildman–Crippen MR) is 75.3 cm³/mol. The number of allylic oxidation sites excluding steroid dienone is 8. The van der Waals surface area contributed by atoms with Crippen LogP contribution in [0.15, 0.2) is 47.6 Å². The monoisotopic (exact) mass is 270 g/mol. The van der Waals surface area contributed by atoms with Crippen LogP contribution < -0.4 is 0 Å². The van der Waals surface area contributed by atoms with Crippen LogP contribution in [0.2, 0.25) is 12.6 Å². The van der Waals surface area contributed by atoms with E-state index in [1.165, 1.54) is 11.1 Å². The molecule has 0 aromatic heterocycles. The molecule has 3 heteroatoms. The van der Waals surface area contributed by atoms with Crippen molar-refractivity contribution in [1.29, 1.82) is 0 Å². The molecule has 16 heavy (non-hydrogen) atoms. The van der Waals surface area contributed by atoms with Gasteiger partial charge in [0.05, 0.1) is 0 Å². The lowest BCUT2D eigenvalue weighted by molar-refractivity contribution is 0.898. The highest BCUT2D eigenvalue weighted by atomic mass is 35.7. The number of rotatable bonds is 4. The molecule has 0 fully saturated rings. The van der Waals surface area contributed by atoms with Crippen molar-refractivity contribution in [2.45, 2.75) is 25.4 Å². The van der Waals surface area contributed by atoms with Gasteiger partial charge >= 0.3 is 0 Å². The number of hydrogen-bond donors (Lipinski definition) is 0. The zero-order valence-electron chi connectivity index (χ0n) is 9.42. The van der Waals surface area contributed by atoms with Crippen LogP contribution in [0, 0.1) is 5.92 Å². The summed E-state index contributed by atoms with van der Waals surface area (Å²) in [5, 5.41) is 0. The van der Waals surface area contributed by atoms with Crippen LogP contribution in [0.3, 0.4) is 0 Å². The van der Waals surface area contributed by atoms with Gasteiger partial charge in [-0.25, -0.2) is 0 Å². The Balaban J connectivity index is 1.94. The summed E-state index contributed by atoms with van der Waals surface area (Å²) in [5.74, 6) is 0.510. The summed E-state index contributed by atoms with van der Waals surface area (Å²) in [6.07, 6.45) is 15.4. The second-order valence-electron chi connectivity index (χ2n) is 4.53. The maximum atomic E-state index is 6.10. The van der Waals surface area contributed by atoms with Gasteiger partial charge in [-0.15, -0.1) is 22.2 Å². The van der Waals surface area contributed by atoms with Crippen molar-refractivity contribution < 1.29 is 0 Å². The molecule has 0 N–H and O–H groups in total. The summed E-state index contributed by atoms with van der Waals surface area (Å²) in [4.78, 5) is 0. The standard InChI is InChI=1S/C13H16Cl2Si/c1-16(14,15)10-4-6-12-9-8-11-5-2-3-7-13(11)12/h2-3,5,7-9,11H,4,6,10H2,1H3. The maximum absolute atomic E-state index is 6.10. The van der Waals surface area contributed by atoms with Crippen molar-refractivity contribution >= 4 is 28.9 Å². The van der Waals surface area contributed by atoms with Gasteiger partial charge in [-0.05, 0) is 36.6 Å². The molecule has 2 aliphatic rings. The first-order valence-electron chi connectivity index (χ1n) is 5.70. The second-order valence-corrected chi connectivity index (χ2v) is 12.8. The molecule has 2 aliphatic carbocycles. The molecule has 0 radical (unpaired) electrons. The van der Waals surface area contributed by atoms with Gasteiger partial charge in [-0.1, -0.05) is 36.5 Å². The van der Waals surface area contributed by atoms with E-state index in [1.807, 2.05) is 6.55 Å². The quantitative estimate of drug-likeness (QED) is 0.502. The maximum Gasteiger partial charge on any atom is 0.248 e. The van der Waals surface area contributed by atoms with Crippen LogP contribution >= 0.6 is 22.2 Å². The molecule has 1 unspecified atom stereocenters. The Kier molecular flexibility index (Phi) is 3.78. The van der Waals surface area contributed by atoms with Gasteiger partial charge in [0.1, 0.15) is 0 Å². The third-order valence-electron chi connectivity index (χ3n) is 3.00. The van der Waals surface area contributed by atoms with E-state index in [4.69, 9.17) is 22.2 Å². The van der Waals surface area contributed by atoms with Crippen LogP contribution in [0.5, 0.6) is 0 Å². The van der Waals surface area contributed by atoms with Gasteiger partial charge in [0.2, 0.25) is 6.69 Å². The summed E-state index contributed by atoms with van der Waals surface area (Å²) in [5.41, 5.74) is 2.91. The summed E-state index contributed by atoms with van der Waals surface area (Å²) in [6.45, 7) is 0.0836. The van der Waals surface area contributed by atoms with Crippen molar-refractivity contribution in [2.24, 2.45) is 5.92 Å². The first-order chi connectivity index (χ1) is 7.56. The van der Waals surface area contributed by atoms with Gasteiger partial charge in [-0.2, -0.15) is 0 Å². The van der Waals surface area contributed by atoms with Crippen LogP contribution in [0.4, 0.5) is 0 Å². The topological polar surface area (TPSA) is 0 Å². The fourth-order valence-corrected chi connectivity index (χ4v) is 3.78. The van der Waals surface area contributed by atoms with Crippen molar-refractivity contribution in [3.8, 4) is 0 Å². The van der Waals surface area contributed by atoms with E-state index in [0.717, 1.165) is 18.9 Å². The smallest absolute Gasteiger partial charge is 0.146 e. The highest BCUT2D eigenvalue weighted by Gasteiger charge is 2.22. The fourth-order valence-electron chi connectivity index (χ4n) is 2.18. The van der Waals surface area contributed by atoms with Crippen LogP contribution in [-0.4, -0.2) is 6.69 Å². The average molecular weight is 271 g/mol. The largest absolute Gasteiger partial charge is 0.248 e. The SMILES string of the molecule is C[Si](Cl)(Cl)CCCC1=C2C=CC=CC2C=C1. The molecule has 0 aromatic carbocycles. The lowest BCUT2D eigenvalue weighted by atomic mass is 9.95. The van der Waals surface area contributed by atoms with E-state index in [-0.39, 0.29) is 0 Å². The highest BCUT2D eigenvalue weighted by molar-refractivity contribution is 7.44. The van der Waals surface area contributed by atoms with E-state index in [2.05, 4.69) is 36.5 Å². The molecule has 0 bridgehead atoms. The first-order valence-corrected chi connectivity index (χ1v) is 10.4. The van der Waals surface area contributed by atoms with E-state index in [0.29, 0.717) is 5.92 Å². The van der Waals surface area contributed by atoms with Crippen molar-refractivity contribution in [3.05, 3.63) is 47.6 Å². The molecular weight excluding hydrogens is 255 g/mol. The van der Waals surface area contributed by atoms with Crippen molar-refractivity contribution in [1.82, 2.24) is 0 Å². The number of hydrogen-bond acceptors (Lipinski definition) is 0. The van der Waals surface area contributed by atoms with Gasteiger partial charge in [0, 0.05) is 5.92 Å². The number of halogens is 2. The van der Waals surface area contributed by atoms with Crippen LogP contribution in [0.1, 0.15) is 12.8 Å². The van der Waals surface area contributed by atoms with Gasteiger partial charge in [0.25, 0.3) is 0 Å². The molecule has 0 aliphatic heterocycles. The minimum absolute atomic E-state index is 0.510. The van der Waals surface area contributed by atoms with Crippen molar-refractivity contribution in [2.75, 3.05) is 0 Å². The zero-order valence-corrected chi connectivity index (χ0v) is 11.9. The summed E-state index contributed by atoms with van der Waals surface area (Å²) in [7, 11) is 0. The third kappa shape index (κ3) is 3.13. The third-order valence-corrected chi connectivity index (χ3v) is 5.37. The summed E-state index contributed by atoms with van der Waals surface area (Å²) in [6, 6.07) is 0.977. The van der Waals surface area contributed by atoms with Gasteiger partial charge in [0.15, 0.2) is 0 Å². The molecule has 1 atom stereocenters. The Bertz CT molecular complexity index is 383. The summed E-state index contributed by atoms with van der Waals surface area (Å²) >= 11 is 12.2. The fraction of sp³-hybridized carbons (Fsp3) is 0.385. The minimum Gasteiger partial charge on any atom is -0.146 e. The molecule has 0 nitrogen and oxygen atoms in total. The molecule has 2 rings (SSSR count). The Labute approximate surface area is 108 Å². The van der Waals surface area contributed by atoms with Gasteiger partial charge in [-0.3, -0.25) is 0 Å². The zero-order chi connectivity index (χ0) is 11.6. The molecule has 0 saturated carbocycles. The summed E-state index contributed by atoms with van der Waals surface area (Å²) < 4.78 is 0. The lowest BCUT2D eigenvalue weighted by Crippen LogP contribution is -2.11. The van der Waals surface area contributed by atoms with Gasteiger partial charge < -0.3 is 0 Å². The Morgan fingerprint density at radius 1 is 1.19 bits per heavy atom. The molecule has 0 aromatic rings. The molecule has 0 amide bonds. The molecule has 86 valence electrons. The Hall–Kier alpha value is -0.243. The first kappa shape index (κ1) is 12.2. The second kappa shape index (κ2) is 4.95. The molecular formula is C13H16Cl2Si. The molecule has 0 saturated heterocycles. The Morgan fingerprint density at radius 2 is 2.00 bits per heavy atom. The van der Waals surface area contributed by atoms with Crippen LogP contribution in [-0.2, 0) is 0 Å². The van der Waals surface area contributed by atoms with E-state index in [1.54, 1.807) is 0 Å². The molecule has 0 heterocycles. The number of fused-ring (bicyclic) bond motifs is 1. The molecule has 0 spiro atoms. The lowest BCUT2D eigenvalue weighted by Gasteiger charge is -2.12.